The van der Waals surface area contributed by atoms with E-state index in [1.165, 1.54) is 6.07 Å². The summed E-state index contributed by atoms with van der Waals surface area (Å²) in [6.45, 7) is 3.61. The molecule has 0 atom stereocenters. The summed E-state index contributed by atoms with van der Waals surface area (Å²) in [5.74, 6) is 1.99. The van der Waals surface area contributed by atoms with Crippen molar-refractivity contribution in [3.05, 3.63) is 47.3 Å². The Kier molecular flexibility index (Phi) is 8.73. The predicted octanol–water partition coefficient (Wildman–Crippen LogP) is 3.49. The van der Waals surface area contributed by atoms with Crippen molar-refractivity contribution < 1.29 is 18.6 Å². The van der Waals surface area contributed by atoms with E-state index < -0.39 is 0 Å². The van der Waals surface area contributed by atoms with Crippen LogP contribution < -0.4 is 24.8 Å². The molecule has 7 nitrogen and oxygen atoms in total. The van der Waals surface area contributed by atoms with Gasteiger partial charge in [0.2, 0.25) is 5.75 Å². The molecule has 0 aliphatic carbocycles. The molecule has 0 bridgehead atoms. The second-order valence-corrected chi connectivity index (χ2v) is 6.90. The van der Waals surface area contributed by atoms with Gasteiger partial charge in [0, 0.05) is 36.5 Å². The van der Waals surface area contributed by atoms with E-state index in [4.69, 9.17) is 14.2 Å². The highest BCUT2D eigenvalue weighted by Crippen LogP contribution is 2.39. The van der Waals surface area contributed by atoms with Gasteiger partial charge in [-0.3, -0.25) is 0 Å². The molecule has 8 heteroatoms. The predicted molar refractivity (Wildman–Crippen MR) is 118 cm³/mol. The number of anilines is 1. The maximum absolute atomic E-state index is 14.0. The lowest BCUT2D eigenvalue weighted by Gasteiger charge is -2.16. The topological polar surface area (TPSA) is 67.4 Å². The molecular formula is C22H31FN4O3. The maximum atomic E-state index is 14.0. The summed E-state index contributed by atoms with van der Waals surface area (Å²) in [4.78, 5) is 6.56. The fourth-order valence-corrected chi connectivity index (χ4v) is 2.96. The first-order valence-corrected chi connectivity index (χ1v) is 9.69. The first-order chi connectivity index (χ1) is 14.4. The molecule has 0 heterocycles. The van der Waals surface area contributed by atoms with Crippen molar-refractivity contribution in [1.82, 2.24) is 10.2 Å². The first-order valence-electron chi connectivity index (χ1n) is 9.69. The van der Waals surface area contributed by atoms with E-state index in [9.17, 15) is 4.39 Å². The number of hydrogen-bond acceptors (Lipinski definition) is 5. The molecule has 2 N–H and O–H groups in total. The van der Waals surface area contributed by atoms with E-state index in [2.05, 4.69) is 15.6 Å². The van der Waals surface area contributed by atoms with Gasteiger partial charge in [-0.25, -0.2) is 9.38 Å². The summed E-state index contributed by atoms with van der Waals surface area (Å²) in [6, 6.07) is 8.70. The molecular weight excluding hydrogens is 387 g/mol. The van der Waals surface area contributed by atoms with Gasteiger partial charge in [-0.2, -0.15) is 0 Å². The van der Waals surface area contributed by atoms with Crippen LogP contribution in [0.5, 0.6) is 17.2 Å². The van der Waals surface area contributed by atoms with Crippen LogP contribution in [-0.4, -0.2) is 52.8 Å². The maximum Gasteiger partial charge on any atom is 0.203 e. The zero-order chi connectivity index (χ0) is 22.1. The number of benzene rings is 2. The summed E-state index contributed by atoms with van der Waals surface area (Å²) in [5.41, 5.74) is 2.31. The van der Waals surface area contributed by atoms with E-state index >= 15 is 0 Å². The molecule has 2 rings (SSSR count). The Bertz CT molecular complexity index is 846. The molecule has 30 heavy (non-hydrogen) atoms. The number of halogens is 1. The smallest absolute Gasteiger partial charge is 0.203 e. The van der Waals surface area contributed by atoms with Crippen molar-refractivity contribution in [3.8, 4) is 17.2 Å². The Balaban J connectivity index is 2.25. The number of aliphatic imine (C=N–C) groups is 1. The molecule has 164 valence electrons. The number of nitrogens with zero attached hydrogens (tertiary/aromatic N) is 2. The minimum Gasteiger partial charge on any atom is -0.493 e. The van der Waals surface area contributed by atoms with E-state index in [0.717, 1.165) is 11.3 Å². The number of methoxy groups -OCH3 is 3. The molecule has 0 amide bonds. The van der Waals surface area contributed by atoms with E-state index in [0.29, 0.717) is 48.4 Å². The molecule has 0 aliphatic heterocycles. The Morgan fingerprint density at radius 3 is 2.23 bits per heavy atom. The van der Waals surface area contributed by atoms with Crippen LogP contribution in [0.4, 0.5) is 10.1 Å². The Hall–Kier alpha value is -3.00. The van der Waals surface area contributed by atoms with Crippen LogP contribution in [0.3, 0.4) is 0 Å². The summed E-state index contributed by atoms with van der Waals surface area (Å²) >= 11 is 0. The van der Waals surface area contributed by atoms with Gasteiger partial charge in [-0.05, 0) is 38.7 Å². The van der Waals surface area contributed by atoms with Crippen molar-refractivity contribution in [3.63, 3.8) is 0 Å². The highest BCUT2D eigenvalue weighted by Gasteiger charge is 2.14. The van der Waals surface area contributed by atoms with Gasteiger partial charge in [-0.1, -0.05) is 6.07 Å². The third kappa shape index (κ3) is 6.25. The molecule has 2 aromatic rings. The number of nitrogens with one attached hydrogen (secondary N) is 2. The fourth-order valence-electron chi connectivity index (χ4n) is 2.96. The summed E-state index contributed by atoms with van der Waals surface area (Å²) in [6.07, 6.45) is 0. The van der Waals surface area contributed by atoms with Gasteiger partial charge in [0.1, 0.15) is 5.82 Å². The lowest BCUT2D eigenvalue weighted by atomic mass is 10.1. The molecule has 0 unspecified atom stereocenters. The highest BCUT2D eigenvalue weighted by molar-refractivity contribution is 5.94. The van der Waals surface area contributed by atoms with Crippen LogP contribution in [0.15, 0.2) is 35.3 Å². The zero-order valence-corrected chi connectivity index (χ0v) is 18.5. The first kappa shape index (κ1) is 23.3. The Morgan fingerprint density at radius 1 is 1.03 bits per heavy atom. The average Bonchev–Trinajstić information content (AvgIpc) is 2.73. The highest BCUT2D eigenvalue weighted by atomic mass is 19.1. The van der Waals surface area contributed by atoms with Crippen LogP contribution in [0, 0.1) is 5.82 Å². The summed E-state index contributed by atoms with van der Waals surface area (Å²) in [5, 5.41) is 6.46. The van der Waals surface area contributed by atoms with Crippen molar-refractivity contribution in [2.24, 2.45) is 4.99 Å². The molecule has 2 aromatic carbocycles. The van der Waals surface area contributed by atoms with Gasteiger partial charge in [0.05, 0.1) is 27.9 Å². The van der Waals surface area contributed by atoms with Crippen LogP contribution >= 0.6 is 0 Å². The zero-order valence-electron chi connectivity index (χ0n) is 18.5. The van der Waals surface area contributed by atoms with Crippen molar-refractivity contribution in [2.75, 3.05) is 47.3 Å². The van der Waals surface area contributed by atoms with Gasteiger partial charge >= 0.3 is 0 Å². The SMILES string of the molecule is CCNC(=NCc1ccc(F)c(CN(C)C)c1)Nc1cc(OC)c(OC)c(OC)c1. The van der Waals surface area contributed by atoms with Gasteiger partial charge in [-0.15, -0.1) is 0 Å². The molecule has 0 radical (unpaired) electrons. The third-order valence-corrected chi connectivity index (χ3v) is 4.29. The molecule has 0 saturated heterocycles. The van der Waals surface area contributed by atoms with Crippen molar-refractivity contribution in [2.45, 2.75) is 20.0 Å². The second-order valence-electron chi connectivity index (χ2n) is 6.90. The standard InChI is InChI=1S/C22H31FN4O3/c1-7-24-22(25-13-15-8-9-18(23)16(10-15)14-27(2)3)26-17-11-19(28-4)21(30-6)20(12-17)29-5/h8-12H,7,13-14H2,1-6H3,(H2,24,25,26). The molecule has 0 aromatic heterocycles. The monoisotopic (exact) mass is 418 g/mol. The summed E-state index contributed by atoms with van der Waals surface area (Å²) < 4.78 is 30.2. The number of hydrogen-bond donors (Lipinski definition) is 2. The molecule has 0 saturated carbocycles. The average molecular weight is 419 g/mol. The third-order valence-electron chi connectivity index (χ3n) is 4.29. The van der Waals surface area contributed by atoms with E-state index in [1.807, 2.05) is 32.0 Å². The van der Waals surface area contributed by atoms with Crippen molar-refractivity contribution >= 4 is 11.6 Å². The molecule has 0 fully saturated rings. The number of ether oxygens (including phenoxy) is 3. The van der Waals surface area contributed by atoms with Crippen LogP contribution in [0.1, 0.15) is 18.1 Å². The van der Waals surface area contributed by atoms with Crippen LogP contribution in [0.2, 0.25) is 0 Å². The van der Waals surface area contributed by atoms with Crippen molar-refractivity contribution in [1.29, 1.82) is 0 Å². The second kappa shape index (κ2) is 11.3. The van der Waals surface area contributed by atoms with Gasteiger partial charge < -0.3 is 29.7 Å². The summed E-state index contributed by atoms with van der Waals surface area (Å²) in [7, 11) is 8.52. The Labute approximate surface area is 177 Å². The van der Waals surface area contributed by atoms with Gasteiger partial charge in [0.15, 0.2) is 17.5 Å². The normalized spacial score (nSPS) is 11.4. The minimum atomic E-state index is -0.209. The van der Waals surface area contributed by atoms with E-state index in [-0.39, 0.29) is 5.82 Å². The quantitative estimate of drug-likeness (QED) is 0.480. The lowest BCUT2D eigenvalue weighted by molar-refractivity contribution is 0.324. The van der Waals surface area contributed by atoms with Crippen LogP contribution in [0.25, 0.3) is 0 Å². The fraction of sp³-hybridized carbons (Fsp3) is 0.409. The number of rotatable bonds is 9. The largest absolute Gasteiger partial charge is 0.493 e. The lowest BCUT2D eigenvalue weighted by Crippen LogP contribution is -2.30. The molecule has 0 spiro atoms. The Morgan fingerprint density at radius 2 is 1.70 bits per heavy atom. The molecule has 0 aliphatic rings. The van der Waals surface area contributed by atoms with E-state index in [1.54, 1.807) is 39.5 Å². The van der Waals surface area contributed by atoms with Crippen LogP contribution in [-0.2, 0) is 13.1 Å². The van der Waals surface area contributed by atoms with Gasteiger partial charge in [0.25, 0.3) is 0 Å². The number of guanidine groups is 1. The minimum absolute atomic E-state index is 0.209.